The van der Waals surface area contributed by atoms with Gasteiger partial charge in [0.05, 0.1) is 24.5 Å². The van der Waals surface area contributed by atoms with Crippen molar-refractivity contribution in [3.05, 3.63) is 30.0 Å². The largest absolute Gasteiger partial charge is 0.497 e. The number of ether oxygens (including phenoxy) is 1. The molecule has 148 valence electrons. The summed E-state index contributed by atoms with van der Waals surface area (Å²) in [5.41, 5.74) is 8.82. The number of aryl methyl sites for hydroxylation is 1. The van der Waals surface area contributed by atoms with E-state index < -0.39 is 7.82 Å². The molecule has 8 N–H and O–H groups in total. The maximum Gasteiger partial charge on any atom is 0.466 e. The second kappa shape index (κ2) is 11.1. The topological polar surface area (TPSA) is 169 Å². The van der Waals surface area contributed by atoms with Gasteiger partial charge in [0.15, 0.2) is 0 Å². The van der Waals surface area contributed by atoms with Gasteiger partial charge in [-0.05, 0) is 57.0 Å². The highest BCUT2D eigenvalue weighted by Crippen LogP contribution is 2.27. The Hall–Kier alpha value is -1.74. The molecule has 2 rings (SSSR count). The highest BCUT2D eigenvalue weighted by Gasteiger charge is 2.08. The minimum atomic E-state index is -4.64. The number of anilines is 1. The van der Waals surface area contributed by atoms with Crippen molar-refractivity contribution in [3.63, 3.8) is 0 Å². The Bertz CT molecular complexity index is 729. The van der Waals surface area contributed by atoms with Gasteiger partial charge in [-0.25, -0.2) is 4.57 Å². The molecule has 9 nitrogen and oxygen atoms in total. The molecule has 0 fully saturated rings. The fourth-order valence-electron chi connectivity index (χ4n) is 2.34. The molecule has 10 heteroatoms. The van der Waals surface area contributed by atoms with E-state index in [4.69, 9.17) is 29.7 Å². The summed E-state index contributed by atoms with van der Waals surface area (Å²) in [5.74, 6) is 0.857. The van der Waals surface area contributed by atoms with E-state index in [2.05, 4.69) is 24.1 Å². The van der Waals surface area contributed by atoms with Crippen LogP contribution < -0.4 is 15.8 Å². The van der Waals surface area contributed by atoms with Crippen molar-refractivity contribution < 1.29 is 29.5 Å². The van der Waals surface area contributed by atoms with Gasteiger partial charge in [0, 0.05) is 11.4 Å². The standard InChI is InChI=1S/C16H23N3O.H3O4P.H2O/c1-11(5-4-8-17)19-16-10-18-15-7-6-13(20-3)9-14(15)12(16)2;1-5(2,3)4;/h6-7,9-11,19H,4-5,8,17H2,1-3H3;(H3,1,2,3,4);1H2. The molecule has 1 atom stereocenters. The van der Waals surface area contributed by atoms with Gasteiger partial charge in [-0.3, -0.25) is 4.98 Å². The molecule has 1 heterocycles. The molecule has 0 saturated heterocycles. The van der Waals surface area contributed by atoms with Gasteiger partial charge < -0.3 is 35.9 Å². The number of hydrogen-bond acceptors (Lipinski definition) is 5. The summed E-state index contributed by atoms with van der Waals surface area (Å²) in [6.07, 6.45) is 4.00. The quantitative estimate of drug-likeness (QED) is 0.461. The van der Waals surface area contributed by atoms with Gasteiger partial charge in [0.1, 0.15) is 5.75 Å². The van der Waals surface area contributed by atoms with Crippen LogP contribution in [0.15, 0.2) is 24.4 Å². The van der Waals surface area contributed by atoms with Crippen LogP contribution in [0.2, 0.25) is 0 Å². The number of phosphoric acid groups is 1. The Morgan fingerprint density at radius 2 is 1.96 bits per heavy atom. The summed E-state index contributed by atoms with van der Waals surface area (Å²) >= 11 is 0. The molecule has 2 aromatic rings. The van der Waals surface area contributed by atoms with Gasteiger partial charge in [-0.1, -0.05) is 0 Å². The summed E-state index contributed by atoms with van der Waals surface area (Å²) in [5, 5.41) is 4.64. The molecule has 0 bridgehead atoms. The van der Waals surface area contributed by atoms with Crippen molar-refractivity contribution in [2.24, 2.45) is 5.73 Å². The summed E-state index contributed by atoms with van der Waals surface area (Å²) in [6, 6.07) is 6.35. The van der Waals surface area contributed by atoms with Gasteiger partial charge in [-0.2, -0.15) is 0 Å². The van der Waals surface area contributed by atoms with Crippen molar-refractivity contribution >= 4 is 24.4 Å². The highest BCUT2D eigenvalue weighted by atomic mass is 31.2. The minimum absolute atomic E-state index is 0. The highest BCUT2D eigenvalue weighted by molar-refractivity contribution is 7.45. The Kier molecular flexibility index (Phi) is 10.3. The second-order valence-electron chi connectivity index (χ2n) is 5.67. The first-order valence-electron chi connectivity index (χ1n) is 7.84. The lowest BCUT2D eigenvalue weighted by Crippen LogP contribution is -2.17. The monoisotopic (exact) mass is 389 g/mol. The van der Waals surface area contributed by atoms with E-state index in [1.165, 1.54) is 5.56 Å². The average Bonchev–Trinajstić information content (AvgIpc) is 2.54. The number of pyridine rings is 1. The predicted molar refractivity (Wildman–Crippen MR) is 102 cm³/mol. The van der Waals surface area contributed by atoms with Crippen molar-refractivity contribution in [2.75, 3.05) is 19.0 Å². The molecule has 0 spiro atoms. The van der Waals surface area contributed by atoms with Gasteiger partial charge in [0.2, 0.25) is 0 Å². The van der Waals surface area contributed by atoms with E-state index >= 15 is 0 Å². The number of rotatable bonds is 6. The van der Waals surface area contributed by atoms with Crippen LogP contribution in [-0.2, 0) is 4.57 Å². The van der Waals surface area contributed by atoms with Crippen molar-refractivity contribution in [3.8, 4) is 5.75 Å². The van der Waals surface area contributed by atoms with Crippen LogP contribution in [0.25, 0.3) is 10.9 Å². The molecule has 26 heavy (non-hydrogen) atoms. The maximum absolute atomic E-state index is 8.88. The number of fused-ring (bicyclic) bond motifs is 1. The molecule has 1 aromatic heterocycles. The summed E-state index contributed by atoms with van der Waals surface area (Å²) in [6.45, 7) is 5.02. The number of nitrogens with one attached hydrogen (secondary N) is 1. The molecule has 0 amide bonds. The number of nitrogens with zero attached hydrogens (tertiary/aromatic N) is 1. The van der Waals surface area contributed by atoms with E-state index in [9.17, 15) is 0 Å². The third kappa shape index (κ3) is 8.57. The first-order chi connectivity index (χ1) is 11.7. The molecular weight excluding hydrogens is 361 g/mol. The van der Waals surface area contributed by atoms with Crippen molar-refractivity contribution in [1.82, 2.24) is 4.98 Å². The SMILES string of the molecule is COc1ccc2ncc(NC(C)CCCN)c(C)c2c1.O.O=P(O)(O)O. The van der Waals surface area contributed by atoms with Crippen LogP contribution in [0.3, 0.4) is 0 Å². The lowest BCUT2D eigenvalue weighted by Gasteiger charge is -2.17. The number of hydrogen-bond donors (Lipinski definition) is 5. The van der Waals surface area contributed by atoms with E-state index in [1.807, 2.05) is 24.4 Å². The van der Waals surface area contributed by atoms with Gasteiger partial charge in [-0.15, -0.1) is 0 Å². The third-order valence-electron chi connectivity index (χ3n) is 3.59. The van der Waals surface area contributed by atoms with Crippen LogP contribution in [0, 0.1) is 6.92 Å². The molecule has 0 aliphatic carbocycles. The number of benzene rings is 1. The summed E-state index contributed by atoms with van der Waals surface area (Å²) < 4.78 is 14.2. The van der Waals surface area contributed by atoms with Crippen LogP contribution in [0.4, 0.5) is 5.69 Å². The van der Waals surface area contributed by atoms with Gasteiger partial charge >= 0.3 is 7.82 Å². The number of methoxy groups -OCH3 is 1. The zero-order chi connectivity index (χ0) is 19.0. The van der Waals surface area contributed by atoms with E-state index in [0.29, 0.717) is 6.04 Å². The summed E-state index contributed by atoms with van der Waals surface area (Å²) in [4.78, 5) is 26.1. The van der Waals surface area contributed by atoms with E-state index in [0.717, 1.165) is 41.7 Å². The third-order valence-corrected chi connectivity index (χ3v) is 3.59. The van der Waals surface area contributed by atoms with Crippen LogP contribution >= 0.6 is 7.82 Å². The van der Waals surface area contributed by atoms with E-state index in [-0.39, 0.29) is 5.48 Å². The molecule has 0 aliphatic rings. The zero-order valence-corrected chi connectivity index (χ0v) is 16.0. The molecule has 1 unspecified atom stereocenters. The Labute approximate surface area is 152 Å². The zero-order valence-electron chi connectivity index (χ0n) is 15.1. The lowest BCUT2D eigenvalue weighted by atomic mass is 10.1. The van der Waals surface area contributed by atoms with E-state index in [1.54, 1.807) is 7.11 Å². The Balaban J connectivity index is 0.000000923. The maximum atomic E-state index is 8.88. The summed E-state index contributed by atoms with van der Waals surface area (Å²) in [7, 11) is -2.96. The molecule has 0 radical (unpaired) electrons. The molecule has 0 saturated carbocycles. The Morgan fingerprint density at radius 3 is 2.50 bits per heavy atom. The van der Waals surface area contributed by atoms with Crippen molar-refractivity contribution in [1.29, 1.82) is 0 Å². The van der Waals surface area contributed by atoms with Crippen LogP contribution in [-0.4, -0.2) is 44.8 Å². The Morgan fingerprint density at radius 1 is 1.35 bits per heavy atom. The first kappa shape index (κ1) is 24.3. The molecule has 0 aliphatic heterocycles. The number of nitrogens with two attached hydrogens (primary N) is 1. The predicted octanol–water partition coefficient (Wildman–Crippen LogP) is 1.34. The fourth-order valence-corrected chi connectivity index (χ4v) is 2.34. The minimum Gasteiger partial charge on any atom is -0.497 e. The van der Waals surface area contributed by atoms with Crippen LogP contribution in [0.1, 0.15) is 25.3 Å². The van der Waals surface area contributed by atoms with Crippen LogP contribution in [0.5, 0.6) is 5.75 Å². The normalized spacial score (nSPS) is 11.8. The molecule has 1 aromatic carbocycles. The lowest BCUT2D eigenvalue weighted by molar-refractivity contribution is 0.275. The first-order valence-corrected chi connectivity index (χ1v) is 9.40. The average molecular weight is 389 g/mol. The second-order valence-corrected chi connectivity index (χ2v) is 6.70. The smallest absolute Gasteiger partial charge is 0.466 e. The number of aromatic nitrogens is 1. The van der Waals surface area contributed by atoms with Gasteiger partial charge in [0.25, 0.3) is 0 Å². The molecular formula is C16H28N3O6P. The fraction of sp³-hybridized carbons (Fsp3) is 0.438. The van der Waals surface area contributed by atoms with Crippen molar-refractivity contribution in [2.45, 2.75) is 32.7 Å².